The maximum atomic E-state index is 5.79. The quantitative estimate of drug-likeness (QED) is 0.938. The van der Waals surface area contributed by atoms with Crippen LogP contribution in [0, 0.1) is 6.92 Å². The molecule has 0 fully saturated rings. The zero-order chi connectivity index (χ0) is 13.8. The Hall–Kier alpha value is -1.26. The van der Waals surface area contributed by atoms with Gasteiger partial charge in [0.2, 0.25) is 0 Å². The molecule has 2 N–H and O–H groups in total. The predicted molar refractivity (Wildman–Crippen MR) is 81.9 cm³/mol. The largest absolute Gasteiger partial charge is 0.328 e. The van der Waals surface area contributed by atoms with Crippen LogP contribution in [0.2, 0.25) is 0 Å². The molecule has 0 bridgehead atoms. The van der Waals surface area contributed by atoms with Crippen molar-refractivity contribution in [2.75, 3.05) is 0 Å². The Kier molecular flexibility index (Phi) is 4.66. The molecule has 0 amide bonds. The van der Waals surface area contributed by atoms with E-state index < -0.39 is 0 Å². The summed E-state index contributed by atoms with van der Waals surface area (Å²) in [7, 11) is 0. The number of halogens is 1. The van der Waals surface area contributed by atoms with Gasteiger partial charge in [-0.2, -0.15) is 0 Å². The molecule has 1 aromatic heterocycles. The van der Waals surface area contributed by atoms with Crippen LogP contribution in [-0.4, -0.2) is 16.0 Å². The van der Waals surface area contributed by atoms with E-state index in [2.05, 4.69) is 32.0 Å². The van der Waals surface area contributed by atoms with Crippen molar-refractivity contribution in [2.45, 2.75) is 32.7 Å². The van der Waals surface area contributed by atoms with Crippen LogP contribution >= 0.6 is 15.9 Å². The summed E-state index contributed by atoms with van der Waals surface area (Å²) >= 11 is 3.56. The molecule has 0 saturated carbocycles. The van der Waals surface area contributed by atoms with Gasteiger partial charge in [-0.05, 0) is 32.4 Å². The minimum Gasteiger partial charge on any atom is -0.328 e. The van der Waals surface area contributed by atoms with Crippen LogP contribution in [0.5, 0.6) is 0 Å². The molecule has 4 heteroatoms. The molecule has 0 spiro atoms. The SMILES string of the molecule is Cc1cc(-c2ccccc2Br)nc(CCC(C)N)n1. The molecule has 0 aliphatic rings. The summed E-state index contributed by atoms with van der Waals surface area (Å²) in [5.74, 6) is 0.864. The van der Waals surface area contributed by atoms with E-state index in [0.29, 0.717) is 0 Å². The molecule has 0 aliphatic carbocycles. The lowest BCUT2D eigenvalue weighted by atomic mass is 10.1. The van der Waals surface area contributed by atoms with Crippen molar-refractivity contribution >= 4 is 15.9 Å². The van der Waals surface area contributed by atoms with E-state index in [0.717, 1.165) is 40.1 Å². The second kappa shape index (κ2) is 6.26. The zero-order valence-electron chi connectivity index (χ0n) is 11.2. The van der Waals surface area contributed by atoms with Crippen molar-refractivity contribution in [1.29, 1.82) is 0 Å². The Morgan fingerprint density at radius 3 is 2.68 bits per heavy atom. The third-order valence-electron chi connectivity index (χ3n) is 2.87. The molecule has 0 aliphatic heterocycles. The van der Waals surface area contributed by atoms with E-state index in [1.165, 1.54) is 0 Å². The highest BCUT2D eigenvalue weighted by Crippen LogP contribution is 2.26. The predicted octanol–water partition coefficient (Wildman–Crippen LogP) is 3.49. The Morgan fingerprint density at radius 1 is 1.26 bits per heavy atom. The smallest absolute Gasteiger partial charge is 0.129 e. The first-order valence-corrected chi connectivity index (χ1v) is 7.20. The number of hydrogen-bond donors (Lipinski definition) is 1. The highest BCUT2D eigenvalue weighted by Gasteiger charge is 2.08. The molecule has 2 rings (SSSR count). The fraction of sp³-hybridized carbons (Fsp3) is 0.333. The van der Waals surface area contributed by atoms with Crippen LogP contribution < -0.4 is 5.73 Å². The van der Waals surface area contributed by atoms with Crippen molar-refractivity contribution in [2.24, 2.45) is 5.73 Å². The molecular formula is C15H18BrN3. The number of nitrogens with zero attached hydrogens (tertiary/aromatic N) is 2. The zero-order valence-corrected chi connectivity index (χ0v) is 12.8. The first kappa shape index (κ1) is 14.2. The van der Waals surface area contributed by atoms with Gasteiger partial charge in [0.05, 0.1) is 5.69 Å². The summed E-state index contributed by atoms with van der Waals surface area (Å²) in [6.07, 6.45) is 1.72. The van der Waals surface area contributed by atoms with Gasteiger partial charge in [-0.1, -0.05) is 34.1 Å². The molecule has 0 saturated heterocycles. The standard InChI is InChI=1S/C15H18BrN3/c1-10(17)7-8-15-18-11(2)9-14(19-15)12-5-3-4-6-13(12)16/h3-6,9-10H,7-8,17H2,1-2H3. The average Bonchev–Trinajstić information content (AvgIpc) is 2.36. The molecule has 1 atom stereocenters. The van der Waals surface area contributed by atoms with E-state index in [1.807, 2.05) is 38.1 Å². The normalized spacial score (nSPS) is 12.4. The Balaban J connectivity index is 2.34. The van der Waals surface area contributed by atoms with Crippen molar-refractivity contribution in [1.82, 2.24) is 9.97 Å². The second-order valence-corrected chi connectivity index (χ2v) is 5.66. The minimum atomic E-state index is 0.177. The number of benzene rings is 1. The van der Waals surface area contributed by atoms with Gasteiger partial charge in [0.25, 0.3) is 0 Å². The summed E-state index contributed by atoms with van der Waals surface area (Å²) in [5.41, 5.74) is 8.83. The molecule has 1 heterocycles. The van der Waals surface area contributed by atoms with E-state index >= 15 is 0 Å². The average molecular weight is 320 g/mol. The van der Waals surface area contributed by atoms with Crippen LogP contribution in [-0.2, 0) is 6.42 Å². The summed E-state index contributed by atoms with van der Waals surface area (Å²) in [5, 5.41) is 0. The fourth-order valence-electron chi connectivity index (χ4n) is 1.91. The van der Waals surface area contributed by atoms with Gasteiger partial charge in [0.15, 0.2) is 0 Å². The minimum absolute atomic E-state index is 0.177. The van der Waals surface area contributed by atoms with E-state index in [1.54, 1.807) is 0 Å². The molecule has 2 aromatic rings. The molecular weight excluding hydrogens is 302 g/mol. The van der Waals surface area contributed by atoms with Crippen LogP contribution in [0.3, 0.4) is 0 Å². The third kappa shape index (κ3) is 3.85. The maximum absolute atomic E-state index is 5.79. The second-order valence-electron chi connectivity index (χ2n) is 4.81. The van der Waals surface area contributed by atoms with Gasteiger partial charge in [-0.15, -0.1) is 0 Å². The number of aryl methyl sites for hydroxylation is 2. The van der Waals surface area contributed by atoms with E-state index in [4.69, 9.17) is 5.73 Å². The summed E-state index contributed by atoms with van der Waals surface area (Å²) < 4.78 is 1.05. The van der Waals surface area contributed by atoms with Crippen LogP contribution in [0.4, 0.5) is 0 Å². The molecule has 19 heavy (non-hydrogen) atoms. The van der Waals surface area contributed by atoms with E-state index in [9.17, 15) is 0 Å². The Morgan fingerprint density at radius 2 is 2.00 bits per heavy atom. The topological polar surface area (TPSA) is 51.8 Å². The lowest BCUT2D eigenvalue weighted by molar-refractivity contribution is 0.647. The summed E-state index contributed by atoms with van der Waals surface area (Å²) in [4.78, 5) is 9.12. The van der Waals surface area contributed by atoms with Crippen LogP contribution in [0.15, 0.2) is 34.8 Å². The van der Waals surface area contributed by atoms with Gasteiger partial charge in [-0.25, -0.2) is 9.97 Å². The molecule has 1 aromatic carbocycles. The number of nitrogens with two attached hydrogens (primary N) is 1. The van der Waals surface area contributed by atoms with Crippen molar-refractivity contribution < 1.29 is 0 Å². The van der Waals surface area contributed by atoms with Gasteiger partial charge in [0, 0.05) is 28.2 Å². The maximum Gasteiger partial charge on any atom is 0.129 e. The number of hydrogen-bond acceptors (Lipinski definition) is 3. The Labute approximate surface area is 122 Å². The monoisotopic (exact) mass is 319 g/mol. The fourth-order valence-corrected chi connectivity index (χ4v) is 2.39. The van der Waals surface area contributed by atoms with E-state index in [-0.39, 0.29) is 6.04 Å². The van der Waals surface area contributed by atoms with Gasteiger partial charge >= 0.3 is 0 Å². The first-order valence-electron chi connectivity index (χ1n) is 6.41. The van der Waals surface area contributed by atoms with Crippen molar-refractivity contribution in [3.8, 4) is 11.3 Å². The summed E-state index contributed by atoms with van der Waals surface area (Å²) in [6.45, 7) is 4.00. The van der Waals surface area contributed by atoms with Gasteiger partial charge in [0.1, 0.15) is 5.82 Å². The number of rotatable bonds is 4. The first-order chi connectivity index (χ1) is 9.06. The van der Waals surface area contributed by atoms with Crippen molar-refractivity contribution in [3.05, 3.63) is 46.3 Å². The van der Waals surface area contributed by atoms with Gasteiger partial charge in [-0.3, -0.25) is 0 Å². The lowest BCUT2D eigenvalue weighted by Gasteiger charge is -2.09. The Bertz CT molecular complexity index is 567. The lowest BCUT2D eigenvalue weighted by Crippen LogP contribution is -2.16. The molecule has 0 radical (unpaired) electrons. The molecule has 1 unspecified atom stereocenters. The third-order valence-corrected chi connectivity index (χ3v) is 3.57. The molecule has 100 valence electrons. The van der Waals surface area contributed by atoms with Gasteiger partial charge < -0.3 is 5.73 Å². The van der Waals surface area contributed by atoms with Crippen molar-refractivity contribution in [3.63, 3.8) is 0 Å². The highest BCUT2D eigenvalue weighted by molar-refractivity contribution is 9.10. The highest BCUT2D eigenvalue weighted by atomic mass is 79.9. The van der Waals surface area contributed by atoms with Crippen LogP contribution in [0.25, 0.3) is 11.3 Å². The molecule has 3 nitrogen and oxygen atoms in total. The van der Waals surface area contributed by atoms with Crippen LogP contribution in [0.1, 0.15) is 24.9 Å². The summed E-state index contributed by atoms with van der Waals surface area (Å²) in [6, 6.07) is 10.3. The number of aromatic nitrogens is 2.